The fraction of sp³-hybridized carbons (Fsp3) is 0.625. The predicted octanol–water partition coefficient (Wildman–Crippen LogP) is 2.49. The van der Waals surface area contributed by atoms with Crippen LogP contribution in [0.1, 0.15) is 38.3 Å². The van der Waals surface area contributed by atoms with E-state index in [2.05, 4.69) is 49.6 Å². The molecule has 0 bridgehead atoms. The van der Waals surface area contributed by atoms with Crippen molar-refractivity contribution in [1.29, 1.82) is 0 Å². The molecule has 2 N–H and O–H groups in total. The Kier molecular flexibility index (Phi) is 4.83. The van der Waals surface area contributed by atoms with Crippen LogP contribution in [0.2, 0.25) is 0 Å². The molecule has 0 radical (unpaired) electrons. The molecule has 0 saturated carbocycles. The Morgan fingerprint density at radius 1 is 1.21 bits per heavy atom. The van der Waals surface area contributed by atoms with Gasteiger partial charge in [-0.05, 0) is 57.5 Å². The van der Waals surface area contributed by atoms with E-state index in [-0.39, 0.29) is 5.54 Å². The molecule has 0 amide bonds. The van der Waals surface area contributed by atoms with Gasteiger partial charge in [-0.1, -0.05) is 12.1 Å². The van der Waals surface area contributed by atoms with Crippen molar-refractivity contribution in [2.24, 2.45) is 0 Å². The van der Waals surface area contributed by atoms with E-state index in [1.165, 1.54) is 11.1 Å². The maximum atomic E-state index is 5.51. The van der Waals surface area contributed by atoms with Gasteiger partial charge >= 0.3 is 0 Å². The molecular formula is C16H26N2O. The van der Waals surface area contributed by atoms with Crippen molar-refractivity contribution < 1.29 is 4.74 Å². The van der Waals surface area contributed by atoms with Gasteiger partial charge in [0.2, 0.25) is 0 Å². The summed E-state index contributed by atoms with van der Waals surface area (Å²) in [6.45, 7) is 10.5. The van der Waals surface area contributed by atoms with Crippen molar-refractivity contribution in [3.8, 4) is 5.75 Å². The van der Waals surface area contributed by atoms with Gasteiger partial charge in [0.25, 0.3) is 0 Å². The lowest BCUT2D eigenvalue weighted by molar-refractivity contribution is 0.357. The maximum Gasteiger partial charge on any atom is 0.122 e. The van der Waals surface area contributed by atoms with Crippen molar-refractivity contribution in [3.63, 3.8) is 0 Å². The molecule has 0 aromatic heterocycles. The molecule has 0 saturated heterocycles. The molecule has 3 heteroatoms. The first kappa shape index (κ1) is 14.4. The van der Waals surface area contributed by atoms with Gasteiger partial charge in [-0.25, -0.2) is 0 Å². The second kappa shape index (κ2) is 6.40. The van der Waals surface area contributed by atoms with Gasteiger partial charge in [-0.2, -0.15) is 0 Å². The van der Waals surface area contributed by atoms with E-state index in [0.717, 1.165) is 44.8 Å². The lowest BCUT2D eigenvalue weighted by atomic mass is 10.1. The van der Waals surface area contributed by atoms with Crippen molar-refractivity contribution in [2.75, 3.05) is 19.7 Å². The fourth-order valence-corrected chi connectivity index (χ4v) is 2.26. The summed E-state index contributed by atoms with van der Waals surface area (Å²) in [4.78, 5) is 0. The topological polar surface area (TPSA) is 33.3 Å². The van der Waals surface area contributed by atoms with E-state index in [9.17, 15) is 0 Å². The normalized spacial score (nSPS) is 14.3. The smallest absolute Gasteiger partial charge is 0.122 e. The Morgan fingerprint density at radius 2 is 2.05 bits per heavy atom. The summed E-state index contributed by atoms with van der Waals surface area (Å²) < 4.78 is 5.51. The average Bonchev–Trinajstić information content (AvgIpc) is 2.79. The highest BCUT2D eigenvalue weighted by atomic mass is 16.5. The Morgan fingerprint density at radius 3 is 2.84 bits per heavy atom. The number of benzene rings is 1. The molecule has 1 aliphatic heterocycles. The minimum absolute atomic E-state index is 0.222. The first-order chi connectivity index (χ1) is 9.04. The molecule has 0 aliphatic carbocycles. The van der Waals surface area contributed by atoms with Gasteiger partial charge in [-0.15, -0.1) is 0 Å². The quantitative estimate of drug-likeness (QED) is 0.773. The predicted molar refractivity (Wildman–Crippen MR) is 79.7 cm³/mol. The number of hydrogen-bond donors (Lipinski definition) is 2. The van der Waals surface area contributed by atoms with Crippen LogP contribution in [0.4, 0.5) is 0 Å². The average molecular weight is 262 g/mol. The lowest BCUT2D eigenvalue weighted by Gasteiger charge is -2.20. The van der Waals surface area contributed by atoms with E-state index in [1.807, 2.05) is 0 Å². The molecule has 0 unspecified atom stereocenters. The maximum absolute atomic E-state index is 5.51. The van der Waals surface area contributed by atoms with Gasteiger partial charge in [0.1, 0.15) is 5.75 Å². The molecule has 1 aromatic rings. The van der Waals surface area contributed by atoms with Crippen LogP contribution in [0.15, 0.2) is 18.2 Å². The van der Waals surface area contributed by atoms with E-state index in [4.69, 9.17) is 4.74 Å². The van der Waals surface area contributed by atoms with Crippen molar-refractivity contribution >= 4 is 0 Å². The zero-order valence-electron chi connectivity index (χ0n) is 12.4. The summed E-state index contributed by atoms with van der Waals surface area (Å²) in [5.74, 6) is 1.07. The lowest BCUT2D eigenvalue weighted by Crippen LogP contribution is -2.37. The van der Waals surface area contributed by atoms with E-state index < -0.39 is 0 Å². The van der Waals surface area contributed by atoms with E-state index in [0.29, 0.717) is 0 Å². The number of ether oxygens (including phenoxy) is 1. The third kappa shape index (κ3) is 4.84. The molecule has 3 nitrogen and oxygen atoms in total. The van der Waals surface area contributed by atoms with Crippen molar-refractivity contribution in [2.45, 2.75) is 45.7 Å². The van der Waals surface area contributed by atoms with Crippen LogP contribution in [-0.2, 0) is 13.0 Å². The van der Waals surface area contributed by atoms with Gasteiger partial charge in [0.05, 0.1) is 6.61 Å². The molecule has 19 heavy (non-hydrogen) atoms. The highest BCUT2D eigenvalue weighted by molar-refractivity contribution is 5.39. The SMILES string of the molecule is CC(C)(C)NCCCNCc1ccc2c(c1)CCO2. The number of nitrogens with one attached hydrogen (secondary N) is 2. The molecule has 1 aromatic carbocycles. The van der Waals surface area contributed by atoms with Crippen LogP contribution in [0.25, 0.3) is 0 Å². The summed E-state index contributed by atoms with van der Waals surface area (Å²) in [5, 5.41) is 7.00. The zero-order valence-corrected chi connectivity index (χ0v) is 12.4. The van der Waals surface area contributed by atoms with Crippen molar-refractivity contribution in [1.82, 2.24) is 10.6 Å². The van der Waals surface area contributed by atoms with Crippen LogP contribution in [0, 0.1) is 0 Å². The Balaban J connectivity index is 1.63. The second-order valence-electron chi connectivity index (χ2n) is 6.25. The standard InChI is InChI=1S/C16H26N2O/c1-16(2,3)18-9-4-8-17-12-13-5-6-15-14(11-13)7-10-19-15/h5-6,11,17-18H,4,7-10,12H2,1-3H3. The molecule has 106 valence electrons. The summed E-state index contributed by atoms with van der Waals surface area (Å²) in [7, 11) is 0. The van der Waals surface area contributed by atoms with Crippen molar-refractivity contribution in [3.05, 3.63) is 29.3 Å². The largest absolute Gasteiger partial charge is 0.493 e. The number of rotatable bonds is 6. The molecular weight excluding hydrogens is 236 g/mol. The van der Waals surface area contributed by atoms with Gasteiger partial charge < -0.3 is 15.4 Å². The Hall–Kier alpha value is -1.06. The Bertz CT molecular complexity index is 410. The summed E-state index contributed by atoms with van der Waals surface area (Å²) >= 11 is 0. The monoisotopic (exact) mass is 262 g/mol. The number of fused-ring (bicyclic) bond motifs is 1. The minimum Gasteiger partial charge on any atom is -0.493 e. The van der Waals surface area contributed by atoms with Crippen LogP contribution in [0.3, 0.4) is 0 Å². The first-order valence-corrected chi connectivity index (χ1v) is 7.25. The molecule has 0 fully saturated rings. The highest BCUT2D eigenvalue weighted by Gasteiger charge is 2.11. The van der Waals surface area contributed by atoms with Crippen LogP contribution < -0.4 is 15.4 Å². The third-order valence-corrected chi connectivity index (χ3v) is 3.27. The van der Waals surface area contributed by atoms with Crippen LogP contribution in [-0.4, -0.2) is 25.2 Å². The molecule has 2 rings (SSSR count). The number of hydrogen-bond acceptors (Lipinski definition) is 3. The van der Waals surface area contributed by atoms with Gasteiger partial charge in [0.15, 0.2) is 0 Å². The third-order valence-electron chi connectivity index (χ3n) is 3.27. The van der Waals surface area contributed by atoms with Gasteiger partial charge in [-0.3, -0.25) is 0 Å². The first-order valence-electron chi connectivity index (χ1n) is 7.25. The van der Waals surface area contributed by atoms with E-state index in [1.54, 1.807) is 0 Å². The second-order valence-corrected chi connectivity index (χ2v) is 6.25. The van der Waals surface area contributed by atoms with Crippen LogP contribution >= 0.6 is 0 Å². The molecule has 0 spiro atoms. The minimum atomic E-state index is 0.222. The van der Waals surface area contributed by atoms with Gasteiger partial charge in [0, 0.05) is 18.5 Å². The van der Waals surface area contributed by atoms with E-state index >= 15 is 0 Å². The highest BCUT2D eigenvalue weighted by Crippen LogP contribution is 2.25. The fourth-order valence-electron chi connectivity index (χ4n) is 2.26. The summed E-state index contributed by atoms with van der Waals surface area (Å²) in [6, 6.07) is 6.52. The molecule has 1 aliphatic rings. The zero-order chi connectivity index (χ0) is 13.7. The summed E-state index contributed by atoms with van der Waals surface area (Å²) in [5.41, 5.74) is 2.93. The Labute approximate surface area is 116 Å². The summed E-state index contributed by atoms with van der Waals surface area (Å²) in [6.07, 6.45) is 2.21. The molecule has 1 heterocycles. The van der Waals surface area contributed by atoms with Crippen LogP contribution in [0.5, 0.6) is 5.75 Å². The molecule has 0 atom stereocenters.